The van der Waals surface area contributed by atoms with Crippen molar-refractivity contribution in [3.8, 4) is 11.4 Å². The molecule has 96 valence electrons. The Kier molecular flexibility index (Phi) is 2.83. The molecule has 2 aromatic rings. The highest BCUT2D eigenvalue weighted by molar-refractivity contribution is 8.01. The highest BCUT2D eigenvalue weighted by atomic mass is 32.2. The van der Waals surface area contributed by atoms with E-state index in [0.717, 1.165) is 17.3 Å². The highest BCUT2D eigenvalue weighted by Gasteiger charge is 2.30. The first-order chi connectivity index (χ1) is 9.16. The zero-order valence-electron chi connectivity index (χ0n) is 10.0. The zero-order chi connectivity index (χ0) is 13.4. The van der Waals surface area contributed by atoms with Gasteiger partial charge in [-0.25, -0.2) is 0 Å². The summed E-state index contributed by atoms with van der Waals surface area (Å²) < 4.78 is 1.59. The van der Waals surface area contributed by atoms with Crippen LogP contribution in [-0.4, -0.2) is 36.9 Å². The summed E-state index contributed by atoms with van der Waals surface area (Å²) in [4.78, 5) is 11.1. The Morgan fingerprint density at radius 1 is 1.32 bits per heavy atom. The molecule has 0 spiro atoms. The van der Waals surface area contributed by atoms with Crippen molar-refractivity contribution in [2.75, 3.05) is 0 Å². The Bertz CT molecular complexity index is 666. The molecule has 3 rings (SSSR count). The summed E-state index contributed by atoms with van der Waals surface area (Å²) in [5, 5.41) is 21.3. The number of aromatic nitrogens is 3. The number of hydrogen-bond donors (Lipinski definition) is 1. The van der Waals surface area contributed by atoms with Crippen LogP contribution in [0.25, 0.3) is 11.4 Å². The zero-order valence-corrected chi connectivity index (χ0v) is 10.8. The molecule has 1 aromatic heterocycles. The van der Waals surface area contributed by atoms with Crippen LogP contribution in [0.5, 0.6) is 0 Å². The van der Waals surface area contributed by atoms with Crippen molar-refractivity contribution < 1.29 is 9.90 Å². The lowest BCUT2D eigenvalue weighted by Gasteiger charge is -2.16. The smallest absolute Gasteiger partial charge is 0.322 e. The van der Waals surface area contributed by atoms with Crippen LogP contribution >= 0.6 is 11.8 Å². The average molecular weight is 274 g/mol. The number of nitrogens with zero attached hydrogens (tertiary/aromatic N) is 4. The predicted octanol–water partition coefficient (Wildman–Crippen LogP) is 1.73. The van der Waals surface area contributed by atoms with Crippen LogP contribution in [-0.2, 0) is 4.79 Å². The van der Waals surface area contributed by atoms with E-state index in [0.29, 0.717) is 16.7 Å². The van der Waals surface area contributed by atoms with E-state index in [-0.39, 0.29) is 0 Å². The molecule has 0 amide bonds. The minimum Gasteiger partial charge on any atom is -0.480 e. The molecular formula is C12H10N4O2S. The molecule has 19 heavy (non-hydrogen) atoms. The molecule has 0 bridgehead atoms. The third-order valence-corrected chi connectivity index (χ3v) is 3.97. The fourth-order valence-electron chi connectivity index (χ4n) is 1.83. The molecule has 7 heteroatoms. The lowest BCUT2D eigenvalue weighted by molar-refractivity contribution is -0.135. The summed E-state index contributed by atoms with van der Waals surface area (Å²) >= 11 is 1.15. The molecule has 6 nitrogen and oxygen atoms in total. The molecular weight excluding hydrogens is 264 g/mol. The van der Waals surface area contributed by atoms with Crippen LogP contribution in [0.1, 0.15) is 6.92 Å². The monoisotopic (exact) mass is 274 g/mol. The Morgan fingerprint density at radius 2 is 2.05 bits per heavy atom. The summed E-state index contributed by atoms with van der Waals surface area (Å²) in [6.45, 7) is 1.70. The number of carboxylic acids is 1. The van der Waals surface area contributed by atoms with Gasteiger partial charge in [0.15, 0.2) is 5.82 Å². The number of fused-ring (bicyclic) bond motifs is 1. The predicted molar refractivity (Wildman–Crippen MR) is 71.2 cm³/mol. The fraction of sp³-hybridized carbons (Fsp3) is 0.167. The van der Waals surface area contributed by atoms with Crippen molar-refractivity contribution in [2.24, 2.45) is 5.10 Å². The van der Waals surface area contributed by atoms with Gasteiger partial charge in [0.2, 0.25) is 5.16 Å². The van der Waals surface area contributed by atoms with Crippen LogP contribution in [0, 0.1) is 0 Å². The van der Waals surface area contributed by atoms with Gasteiger partial charge >= 0.3 is 5.97 Å². The molecule has 0 radical (unpaired) electrons. The van der Waals surface area contributed by atoms with Crippen LogP contribution in [0.4, 0.5) is 0 Å². The minimum absolute atomic E-state index is 0.497. The van der Waals surface area contributed by atoms with Gasteiger partial charge < -0.3 is 5.11 Å². The average Bonchev–Trinajstić information content (AvgIpc) is 2.81. The molecule has 0 saturated carbocycles. The number of aliphatic carboxylic acids is 1. The topological polar surface area (TPSA) is 80.4 Å². The van der Waals surface area contributed by atoms with Gasteiger partial charge in [-0.15, -0.1) is 10.2 Å². The fourth-order valence-corrected chi connectivity index (χ4v) is 2.67. The highest BCUT2D eigenvalue weighted by Crippen LogP contribution is 2.31. The summed E-state index contributed by atoms with van der Waals surface area (Å²) in [6, 6.07) is 9.56. The van der Waals surface area contributed by atoms with Gasteiger partial charge in [0.1, 0.15) is 5.25 Å². The number of hydrogen-bond acceptors (Lipinski definition) is 5. The molecule has 1 aliphatic rings. The number of thioether (sulfide) groups is 1. The third-order valence-electron chi connectivity index (χ3n) is 2.73. The van der Waals surface area contributed by atoms with Gasteiger partial charge in [0, 0.05) is 5.56 Å². The lowest BCUT2D eigenvalue weighted by Crippen LogP contribution is -2.28. The van der Waals surface area contributed by atoms with E-state index in [1.165, 1.54) is 0 Å². The first-order valence-corrected chi connectivity index (χ1v) is 6.50. The maximum absolute atomic E-state index is 11.1. The minimum atomic E-state index is -0.915. The van der Waals surface area contributed by atoms with Crippen molar-refractivity contribution >= 4 is 23.4 Å². The Hall–Kier alpha value is -2.15. The number of benzene rings is 1. The lowest BCUT2D eigenvalue weighted by atomic mass is 10.2. The van der Waals surface area contributed by atoms with E-state index >= 15 is 0 Å². The molecule has 2 heterocycles. The van der Waals surface area contributed by atoms with Crippen molar-refractivity contribution in [1.29, 1.82) is 0 Å². The van der Waals surface area contributed by atoms with Crippen LogP contribution < -0.4 is 0 Å². The second-order valence-corrected chi connectivity index (χ2v) is 5.13. The quantitative estimate of drug-likeness (QED) is 0.902. The molecule has 0 aliphatic carbocycles. The van der Waals surface area contributed by atoms with Gasteiger partial charge in [-0.2, -0.15) is 9.78 Å². The van der Waals surface area contributed by atoms with Crippen molar-refractivity contribution in [1.82, 2.24) is 14.9 Å². The second-order valence-electron chi connectivity index (χ2n) is 4.06. The molecule has 1 unspecified atom stereocenters. The maximum atomic E-state index is 11.1. The van der Waals surface area contributed by atoms with Crippen LogP contribution in [0.2, 0.25) is 0 Å². The standard InChI is InChI=1S/C12H10N4O2S/c1-7-9(11(17)18)19-12-14-13-10(16(12)15-7)8-5-3-2-4-6-8/h2-6,9H,1H3,(H,17,18). The van der Waals surface area contributed by atoms with Crippen molar-refractivity contribution in [3.05, 3.63) is 30.3 Å². The first-order valence-electron chi connectivity index (χ1n) is 5.62. The number of carbonyl (C=O) groups is 1. The van der Waals surface area contributed by atoms with E-state index in [1.807, 2.05) is 30.3 Å². The summed E-state index contributed by atoms with van der Waals surface area (Å²) in [6.07, 6.45) is 0. The van der Waals surface area contributed by atoms with Crippen LogP contribution in [0.15, 0.2) is 40.6 Å². The summed E-state index contributed by atoms with van der Waals surface area (Å²) in [7, 11) is 0. The van der Waals surface area contributed by atoms with E-state index < -0.39 is 11.2 Å². The normalized spacial score (nSPS) is 17.7. The summed E-state index contributed by atoms with van der Waals surface area (Å²) in [5.74, 6) is -0.298. The van der Waals surface area contributed by atoms with Gasteiger partial charge in [-0.3, -0.25) is 4.79 Å². The van der Waals surface area contributed by atoms with Gasteiger partial charge in [-0.05, 0) is 6.92 Å². The van der Waals surface area contributed by atoms with Gasteiger partial charge in [0.25, 0.3) is 0 Å². The molecule has 1 N–H and O–H groups in total. The Labute approximate surface area is 113 Å². The van der Waals surface area contributed by atoms with Crippen molar-refractivity contribution in [2.45, 2.75) is 17.3 Å². The van der Waals surface area contributed by atoms with E-state index in [4.69, 9.17) is 5.11 Å². The number of carboxylic acid groups (broad SMARTS) is 1. The maximum Gasteiger partial charge on any atom is 0.322 e. The molecule has 1 aromatic carbocycles. The van der Waals surface area contributed by atoms with E-state index in [1.54, 1.807) is 11.6 Å². The molecule has 0 fully saturated rings. The SMILES string of the molecule is CC1=Nn2c(nnc2-c2ccccc2)SC1C(=O)O. The molecule has 1 aliphatic heterocycles. The van der Waals surface area contributed by atoms with Crippen LogP contribution in [0.3, 0.4) is 0 Å². The van der Waals surface area contributed by atoms with Crippen molar-refractivity contribution in [3.63, 3.8) is 0 Å². The van der Waals surface area contributed by atoms with E-state index in [2.05, 4.69) is 15.3 Å². The Balaban J connectivity index is 2.07. The first kappa shape index (κ1) is 11.9. The van der Waals surface area contributed by atoms with Gasteiger partial charge in [-0.1, -0.05) is 42.1 Å². The number of rotatable bonds is 2. The summed E-state index contributed by atoms with van der Waals surface area (Å²) in [5.41, 5.74) is 1.43. The third kappa shape index (κ3) is 2.01. The molecule has 1 atom stereocenters. The molecule has 0 saturated heterocycles. The van der Waals surface area contributed by atoms with E-state index in [9.17, 15) is 4.79 Å². The van der Waals surface area contributed by atoms with Gasteiger partial charge in [0.05, 0.1) is 5.71 Å². The largest absolute Gasteiger partial charge is 0.480 e. The second kappa shape index (κ2) is 4.51. The Morgan fingerprint density at radius 3 is 2.74 bits per heavy atom.